The predicted octanol–water partition coefficient (Wildman–Crippen LogP) is 2.48. The molecule has 0 radical (unpaired) electrons. The topological polar surface area (TPSA) is 41.1 Å². The Morgan fingerprint density at radius 1 is 1.18 bits per heavy atom. The minimum Gasteiger partial charge on any atom is -0.351 e. The molecule has 1 amide bonds. The van der Waals surface area contributed by atoms with Gasteiger partial charge in [0.1, 0.15) is 0 Å². The van der Waals surface area contributed by atoms with E-state index in [-0.39, 0.29) is 5.91 Å². The van der Waals surface area contributed by atoms with E-state index in [1.165, 1.54) is 12.8 Å². The fourth-order valence-corrected chi connectivity index (χ4v) is 2.05. The van der Waals surface area contributed by atoms with E-state index >= 15 is 0 Å². The largest absolute Gasteiger partial charge is 0.351 e. The van der Waals surface area contributed by atoms with Crippen molar-refractivity contribution in [1.29, 1.82) is 0 Å². The number of rotatable bonds is 5. The average Bonchev–Trinajstić information content (AvgIpc) is 3.06. The van der Waals surface area contributed by atoms with Gasteiger partial charge >= 0.3 is 0 Å². The summed E-state index contributed by atoms with van der Waals surface area (Å²) in [5, 5.41) is 7.08. The second-order valence-electron chi connectivity index (χ2n) is 4.14. The van der Waals surface area contributed by atoms with Crippen LogP contribution in [0.5, 0.6) is 0 Å². The van der Waals surface area contributed by atoms with Crippen molar-refractivity contribution in [3.63, 3.8) is 0 Å². The highest BCUT2D eigenvalue weighted by atomic mass is 35.5. The molecule has 0 aliphatic heterocycles. The fourth-order valence-electron chi connectivity index (χ4n) is 1.53. The highest BCUT2D eigenvalue weighted by Crippen LogP contribution is 2.19. The Hall–Kier alpha value is -0.770. The monoisotopic (exact) mass is 272 g/mol. The molecule has 5 heteroatoms. The minimum absolute atomic E-state index is 0.146. The first-order chi connectivity index (χ1) is 8.15. The molecule has 1 aromatic carbocycles. The van der Waals surface area contributed by atoms with E-state index in [2.05, 4.69) is 10.6 Å². The number of halogens is 2. The smallest absolute Gasteiger partial charge is 0.251 e. The van der Waals surface area contributed by atoms with Crippen LogP contribution in [0.15, 0.2) is 18.2 Å². The normalized spacial score (nSPS) is 14.7. The zero-order chi connectivity index (χ0) is 12.3. The van der Waals surface area contributed by atoms with E-state index in [0.717, 1.165) is 6.54 Å². The molecule has 0 spiro atoms. The van der Waals surface area contributed by atoms with Crippen molar-refractivity contribution in [2.75, 3.05) is 13.1 Å². The van der Waals surface area contributed by atoms with Gasteiger partial charge in [-0.1, -0.05) is 23.2 Å². The van der Waals surface area contributed by atoms with Gasteiger partial charge < -0.3 is 10.6 Å². The van der Waals surface area contributed by atoms with Gasteiger partial charge in [-0.25, -0.2) is 0 Å². The van der Waals surface area contributed by atoms with Gasteiger partial charge in [0.2, 0.25) is 0 Å². The number of benzene rings is 1. The number of nitrogens with one attached hydrogen (secondary N) is 2. The maximum Gasteiger partial charge on any atom is 0.251 e. The lowest BCUT2D eigenvalue weighted by Gasteiger charge is -2.06. The molecule has 0 bridgehead atoms. The lowest BCUT2D eigenvalue weighted by Crippen LogP contribution is -2.32. The zero-order valence-corrected chi connectivity index (χ0v) is 10.8. The van der Waals surface area contributed by atoms with E-state index in [1.54, 1.807) is 18.2 Å². The molecule has 0 atom stereocenters. The fraction of sp³-hybridized carbons (Fsp3) is 0.417. The minimum atomic E-state index is -0.146. The van der Waals surface area contributed by atoms with Crippen LogP contribution < -0.4 is 10.6 Å². The third-order valence-electron chi connectivity index (χ3n) is 2.55. The molecule has 0 aromatic heterocycles. The molecule has 1 aliphatic carbocycles. The summed E-state index contributed by atoms with van der Waals surface area (Å²) in [6, 6.07) is 5.48. The summed E-state index contributed by atoms with van der Waals surface area (Å²) in [5.74, 6) is -0.146. The van der Waals surface area contributed by atoms with Gasteiger partial charge in [0.15, 0.2) is 0 Å². The Kier molecular flexibility index (Phi) is 4.26. The third-order valence-corrected chi connectivity index (χ3v) is 2.98. The average molecular weight is 273 g/mol. The van der Waals surface area contributed by atoms with Crippen LogP contribution in [-0.4, -0.2) is 25.0 Å². The molecule has 0 saturated heterocycles. The van der Waals surface area contributed by atoms with E-state index in [4.69, 9.17) is 23.2 Å². The first-order valence-electron chi connectivity index (χ1n) is 5.63. The molecular weight excluding hydrogens is 259 g/mol. The molecule has 1 aromatic rings. The molecule has 2 N–H and O–H groups in total. The van der Waals surface area contributed by atoms with Crippen molar-refractivity contribution in [3.05, 3.63) is 33.8 Å². The Morgan fingerprint density at radius 3 is 2.41 bits per heavy atom. The maximum absolute atomic E-state index is 11.8. The molecular formula is C12H14Cl2N2O. The molecule has 2 rings (SSSR count). The quantitative estimate of drug-likeness (QED) is 0.809. The molecule has 3 nitrogen and oxygen atoms in total. The second-order valence-corrected chi connectivity index (χ2v) is 5.02. The molecule has 1 aliphatic rings. The van der Waals surface area contributed by atoms with Crippen LogP contribution in [-0.2, 0) is 0 Å². The Morgan fingerprint density at radius 2 is 1.82 bits per heavy atom. The summed E-state index contributed by atoms with van der Waals surface area (Å²) >= 11 is 11.7. The van der Waals surface area contributed by atoms with E-state index < -0.39 is 0 Å². The first-order valence-corrected chi connectivity index (χ1v) is 6.38. The summed E-state index contributed by atoms with van der Waals surface area (Å²) in [4.78, 5) is 11.8. The standard InChI is InChI=1S/C12H14Cl2N2O/c13-9-5-8(6-10(14)7-9)12(17)16-4-3-15-11-1-2-11/h5-7,11,15H,1-4H2,(H,16,17). The van der Waals surface area contributed by atoms with Crippen molar-refractivity contribution in [2.45, 2.75) is 18.9 Å². The van der Waals surface area contributed by atoms with E-state index in [0.29, 0.717) is 28.2 Å². The van der Waals surface area contributed by atoms with E-state index in [9.17, 15) is 4.79 Å². The lowest BCUT2D eigenvalue weighted by molar-refractivity contribution is 0.0954. The predicted molar refractivity (Wildman–Crippen MR) is 69.8 cm³/mol. The van der Waals surface area contributed by atoms with Gasteiger partial charge in [0, 0.05) is 34.7 Å². The van der Waals surface area contributed by atoms with Gasteiger partial charge in [-0.3, -0.25) is 4.79 Å². The number of amides is 1. The van der Waals surface area contributed by atoms with Crippen molar-refractivity contribution in [2.24, 2.45) is 0 Å². The van der Waals surface area contributed by atoms with Crippen LogP contribution >= 0.6 is 23.2 Å². The summed E-state index contributed by atoms with van der Waals surface area (Å²) < 4.78 is 0. The highest BCUT2D eigenvalue weighted by molar-refractivity contribution is 6.35. The number of hydrogen-bond acceptors (Lipinski definition) is 2. The van der Waals surface area contributed by atoms with Gasteiger partial charge in [0.25, 0.3) is 5.91 Å². The number of carbonyl (C=O) groups is 1. The van der Waals surface area contributed by atoms with Crippen LogP contribution in [0.3, 0.4) is 0 Å². The van der Waals surface area contributed by atoms with E-state index in [1.807, 2.05) is 0 Å². The third kappa shape index (κ3) is 4.19. The van der Waals surface area contributed by atoms with Crippen LogP contribution in [0.2, 0.25) is 10.0 Å². The SMILES string of the molecule is O=C(NCCNC1CC1)c1cc(Cl)cc(Cl)c1. The summed E-state index contributed by atoms with van der Waals surface area (Å²) in [6.45, 7) is 1.41. The van der Waals surface area contributed by atoms with Crippen molar-refractivity contribution >= 4 is 29.1 Å². The van der Waals surface area contributed by atoms with Gasteiger partial charge in [0.05, 0.1) is 0 Å². The van der Waals surface area contributed by atoms with Crippen LogP contribution in [0.4, 0.5) is 0 Å². The molecule has 17 heavy (non-hydrogen) atoms. The molecule has 92 valence electrons. The Labute approximate surface area is 110 Å². The van der Waals surface area contributed by atoms with Crippen LogP contribution in [0.1, 0.15) is 23.2 Å². The van der Waals surface area contributed by atoms with Crippen molar-refractivity contribution in [1.82, 2.24) is 10.6 Å². The second kappa shape index (κ2) is 5.71. The Balaban J connectivity index is 1.80. The molecule has 0 heterocycles. The summed E-state index contributed by atoms with van der Waals surface area (Å²) in [5.41, 5.74) is 0.494. The van der Waals surface area contributed by atoms with Crippen LogP contribution in [0, 0.1) is 0 Å². The number of carbonyl (C=O) groups excluding carboxylic acids is 1. The van der Waals surface area contributed by atoms with Crippen molar-refractivity contribution in [3.8, 4) is 0 Å². The lowest BCUT2D eigenvalue weighted by atomic mass is 10.2. The van der Waals surface area contributed by atoms with Crippen LogP contribution in [0.25, 0.3) is 0 Å². The molecule has 1 saturated carbocycles. The molecule has 1 fully saturated rings. The molecule has 0 unspecified atom stereocenters. The summed E-state index contributed by atoms with van der Waals surface area (Å²) in [7, 11) is 0. The number of hydrogen-bond donors (Lipinski definition) is 2. The first kappa shape index (κ1) is 12.7. The van der Waals surface area contributed by atoms with Gasteiger partial charge in [-0.15, -0.1) is 0 Å². The van der Waals surface area contributed by atoms with Gasteiger partial charge in [-0.2, -0.15) is 0 Å². The maximum atomic E-state index is 11.8. The van der Waals surface area contributed by atoms with Gasteiger partial charge in [-0.05, 0) is 31.0 Å². The highest BCUT2D eigenvalue weighted by Gasteiger charge is 2.19. The van der Waals surface area contributed by atoms with Crippen molar-refractivity contribution < 1.29 is 4.79 Å². The Bertz CT molecular complexity index is 399. The zero-order valence-electron chi connectivity index (χ0n) is 9.30. The summed E-state index contributed by atoms with van der Waals surface area (Å²) in [6.07, 6.45) is 2.50.